The van der Waals surface area contributed by atoms with E-state index in [-0.39, 0.29) is 24.0 Å². The van der Waals surface area contributed by atoms with Crippen molar-refractivity contribution in [3.63, 3.8) is 0 Å². The number of guanidine groups is 1. The normalized spacial score (nSPS) is 15.9. The molecule has 0 aliphatic carbocycles. The van der Waals surface area contributed by atoms with E-state index in [9.17, 15) is 0 Å². The van der Waals surface area contributed by atoms with Crippen molar-refractivity contribution in [1.82, 2.24) is 15.5 Å². The first kappa shape index (κ1) is 22.8. The number of hydrogen-bond acceptors (Lipinski definition) is 4. The Morgan fingerprint density at radius 2 is 1.85 bits per heavy atom. The lowest BCUT2D eigenvalue weighted by atomic mass is 9.94. The minimum atomic E-state index is 0. The van der Waals surface area contributed by atoms with Crippen LogP contribution in [0, 0.1) is 5.92 Å². The van der Waals surface area contributed by atoms with E-state index in [1.807, 2.05) is 18.2 Å². The van der Waals surface area contributed by atoms with Crippen molar-refractivity contribution in [3.8, 4) is 11.5 Å². The van der Waals surface area contributed by atoms with E-state index in [1.165, 1.54) is 32.4 Å². The van der Waals surface area contributed by atoms with Crippen LogP contribution in [0.25, 0.3) is 0 Å². The molecule has 7 heteroatoms. The first-order valence-electron chi connectivity index (χ1n) is 9.00. The molecule has 1 aliphatic rings. The maximum Gasteiger partial charge on any atom is 0.191 e. The molecule has 2 rings (SSSR count). The molecule has 0 saturated carbocycles. The topological polar surface area (TPSA) is 58.1 Å². The quantitative estimate of drug-likeness (QED) is 0.360. The Hall–Kier alpha value is -1.22. The number of hydrogen-bond donors (Lipinski definition) is 2. The lowest BCUT2D eigenvalue weighted by Crippen LogP contribution is -2.38. The average Bonchev–Trinajstić information content (AvgIpc) is 2.65. The molecule has 0 atom stereocenters. The summed E-state index contributed by atoms with van der Waals surface area (Å²) in [6, 6.07) is 5.93. The van der Waals surface area contributed by atoms with Crippen LogP contribution in [0.5, 0.6) is 11.5 Å². The second-order valence-electron chi connectivity index (χ2n) is 6.58. The number of halogens is 1. The van der Waals surface area contributed by atoms with Gasteiger partial charge >= 0.3 is 0 Å². The number of ether oxygens (including phenoxy) is 2. The highest BCUT2D eigenvalue weighted by molar-refractivity contribution is 14.0. The molecule has 0 amide bonds. The highest BCUT2D eigenvalue weighted by Gasteiger charge is 2.16. The fraction of sp³-hybridized carbons (Fsp3) is 0.632. The molecule has 148 valence electrons. The molecule has 26 heavy (non-hydrogen) atoms. The van der Waals surface area contributed by atoms with E-state index in [0.717, 1.165) is 35.5 Å². The number of methoxy groups -OCH3 is 2. The van der Waals surface area contributed by atoms with Crippen molar-refractivity contribution in [3.05, 3.63) is 23.8 Å². The highest BCUT2D eigenvalue weighted by atomic mass is 127. The SMILES string of the molecule is CN=C(NCCC1CCN(C)CC1)NCc1ccc(OC)c(OC)c1.I. The summed E-state index contributed by atoms with van der Waals surface area (Å²) in [4.78, 5) is 6.71. The van der Waals surface area contributed by atoms with E-state index in [0.29, 0.717) is 6.54 Å². The van der Waals surface area contributed by atoms with Crippen LogP contribution in [0.2, 0.25) is 0 Å². The van der Waals surface area contributed by atoms with Gasteiger partial charge < -0.3 is 25.0 Å². The van der Waals surface area contributed by atoms with Gasteiger partial charge in [-0.3, -0.25) is 4.99 Å². The smallest absolute Gasteiger partial charge is 0.191 e. The van der Waals surface area contributed by atoms with Crippen LogP contribution in [0.4, 0.5) is 0 Å². The molecule has 1 saturated heterocycles. The minimum absolute atomic E-state index is 0. The number of piperidine rings is 1. The second kappa shape index (κ2) is 12.2. The standard InChI is InChI=1S/C19H32N4O2.HI/c1-20-19(21-10-7-15-8-11-23(2)12-9-15)22-14-16-5-6-17(24-3)18(13-16)25-4;/h5-6,13,15H,7-12,14H2,1-4H3,(H2,20,21,22);1H. The maximum absolute atomic E-state index is 5.35. The van der Waals surface area contributed by atoms with Crippen molar-refractivity contribution in [2.45, 2.75) is 25.8 Å². The van der Waals surface area contributed by atoms with Crippen molar-refractivity contribution < 1.29 is 9.47 Å². The molecule has 1 aliphatic heterocycles. The van der Waals surface area contributed by atoms with Crippen LogP contribution in [0.15, 0.2) is 23.2 Å². The molecule has 0 spiro atoms. The highest BCUT2D eigenvalue weighted by Crippen LogP contribution is 2.27. The van der Waals surface area contributed by atoms with Crippen molar-refractivity contribution >= 4 is 29.9 Å². The van der Waals surface area contributed by atoms with E-state index >= 15 is 0 Å². The number of nitrogens with one attached hydrogen (secondary N) is 2. The number of aliphatic imine (C=N–C) groups is 1. The van der Waals surface area contributed by atoms with E-state index in [1.54, 1.807) is 21.3 Å². The Bertz CT molecular complexity index is 560. The first-order valence-corrected chi connectivity index (χ1v) is 9.00. The predicted molar refractivity (Wildman–Crippen MR) is 118 cm³/mol. The molecule has 0 aromatic heterocycles. The Kier molecular flexibility index (Phi) is 10.7. The van der Waals surface area contributed by atoms with Gasteiger partial charge in [-0.2, -0.15) is 0 Å². The van der Waals surface area contributed by atoms with Gasteiger partial charge in [-0.05, 0) is 63.0 Å². The summed E-state index contributed by atoms with van der Waals surface area (Å²) >= 11 is 0. The summed E-state index contributed by atoms with van der Waals surface area (Å²) in [5.41, 5.74) is 1.12. The van der Waals surface area contributed by atoms with E-state index in [4.69, 9.17) is 9.47 Å². The zero-order chi connectivity index (χ0) is 18.1. The van der Waals surface area contributed by atoms with Gasteiger partial charge in [0.2, 0.25) is 0 Å². The van der Waals surface area contributed by atoms with Crippen LogP contribution in [-0.4, -0.2) is 58.8 Å². The summed E-state index contributed by atoms with van der Waals surface area (Å²) in [6.07, 6.45) is 3.80. The maximum atomic E-state index is 5.35. The molecule has 1 aromatic carbocycles. The van der Waals surface area contributed by atoms with Gasteiger partial charge in [0.05, 0.1) is 14.2 Å². The van der Waals surface area contributed by atoms with Gasteiger partial charge in [-0.1, -0.05) is 6.07 Å². The number of likely N-dealkylation sites (tertiary alicyclic amines) is 1. The predicted octanol–water partition coefficient (Wildman–Crippen LogP) is 2.72. The molecule has 1 aromatic rings. The molecule has 1 heterocycles. The largest absolute Gasteiger partial charge is 0.493 e. The molecule has 0 bridgehead atoms. The third-order valence-corrected chi connectivity index (χ3v) is 4.81. The Morgan fingerprint density at radius 3 is 2.46 bits per heavy atom. The summed E-state index contributed by atoms with van der Waals surface area (Å²) in [6.45, 7) is 4.09. The summed E-state index contributed by atoms with van der Waals surface area (Å²) < 4.78 is 10.6. The van der Waals surface area contributed by atoms with E-state index in [2.05, 4.69) is 27.6 Å². The fourth-order valence-electron chi connectivity index (χ4n) is 3.14. The molecular weight excluding hydrogens is 443 g/mol. The Labute approximate surface area is 174 Å². The Morgan fingerprint density at radius 1 is 1.15 bits per heavy atom. The zero-order valence-electron chi connectivity index (χ0n) is 16.4. The van der Waals surface area contributed by atoms with Crippen LogP contribution < -0.4 is 20.1 Å². The van der Waals surface area contributed by atoms with Crippen molar-refractivity contribution in [2.75, 3.05) is 47.9 Å². The van der Waals surface area contributed by atoms with Crippen LogP contribution >= 0.6 is 24.0 Å². The number of benzene rings is 1. The fourth-order valence-corrected chi connectivity index (χ4v) is 3.14. The van der Waals surface area contributed by atoms with Crippen molar-refractivity contribution in [2.24, 2.45) is 10.9 Å². The molecule has 0 radical (unpaired) electrons. The lowest BCUT2D eigenvalue weighted by molar-refractivity contribution is 0.213. The van der Waals surface area contributed by atoms with Gasteiger partial charge in [0.25, 0.3) is 0 Å². The second-order valence-corrected chi connectivity index (χ2v) is 6.58. The number of rotatable bonds is 7. The third kappa shape index (κ3) is 7.19. The zero-order valence-corrected chi connectivity index (χ0v) is 18.7. The molecule has 2 N–H and O–H groups in total. The molecule has 1 fully saturated rings. The molecule has 0 unspecified atom stereocenters. The van der Waals surface area contributed by atoms with Gasteiger partial charge in [0.15, 0.2) is 17.5 Å². The van der Waals surface area contributed by atoms with Gasteiger partial charge in [-0.15, -0.1) is 24.0 Å². The van der Waals surface area contributed by atoms with Gasteiger partial charge in [0.1, 0.15) is 0 Å². The molecule has 6 nitrogen and oxygen atoms in total. The van der Waals surface area contributed by atoms with Gasteiger partial charge in [0, 0.05) is 20.1 Å². The van der Waals surface area contributed by atoms with Crippen LogP contribution in [0.1, 0.15) is 24.8 Å². The first-order chi connectivity index (χ1) is 12.2. The third-order valence-electron chi connectivity index (χ3n) is 4.81. The summed E-state index contributed by atoms with van der Waals surface area (Å²) in [5.74, 6) is 3.15. The monoisotopic (exact) mass is 476 g/mol. The Balaban J connectivity index is 0.00000338. The van der Waals surface area contributed by atoms with E-state index < -0.39 is 0 Å². The summed E-state index contributed by atoms with van der Waals surface area (Å²) in [7, 11) is 7.30. The number of nitrogens with zero attached hydrogens (tertiary/aromatic N) is 2. The molecular formula is C19H33IN4O2. The minimum Gasteiger partial charge on any atom is -0.493 e. The average molecular weight is 476 g/mol. The van der Waals surface area contributed by atoms with Crippen molar-refractivity contribution in [1.29, 1.82) is 0 Å². The van der Waals surface area contributed by atoms with Crippen LogP contribution in [-0.2, 0) is 6.54 Å². The van der Waals surface area contributed by atoms with Crippen LogP contribution in [0.3, 0.4) is 0 Å². The summed E-state index contributed by atoms with van der Waals surface area (Å²) in [5, 5.41) is 6.77. The lowest BCUT2D eigenvalue weighted by Gasteiger charge is -2.29. The van der Waals surface area contributed by atoms with Gasteiger partial charge in [-0.25, -0.2) is 0 Å².